The Hall–Kier alpha value is -4.83. The van der Waals surface area contributed by atoms with Crippen molar-refractivity contribution < 1.29 is 4.74 Å². The Morgan fingerprint density at radius 1 is 0.492 bits per heavy atom. The number of aromatic nitrogens is 1. The Morgan fingerprint density at radius 2 is 0.918 bits per heavy atom. The van der Waals surface area contributed by atoms with Crippen molar-refractivity contribution in [2.24, 2.45) is 9.98 Å². The second-order valence-electron chi connectivity index (χ2n) is 18.0. The number of benzene rings is 4. The second-order valence-corrected chi connectivity index (χ2v) is 18.0. The predicted octanol–water partition coefficient (Wildman–Crippen LogP) is 17.4. The molecule has 4 aromatic carbocycles. The first-order chi connectivity index (χ1) is 29.7. The van der Waals surface area contributed by atoms with E-state index in [9.17, 15) is 0 Å². The van der Waals surface area contributed by atoms with Crippen molar-refractivity contribution >= 4 is 22.8 Å². The van der Waals surface area contributed by atoms with Gasteiger partial charge in [-0.1, -0.05) is 222 Å². The fourth-order valence-electron chi connectivity index (χ4n) is 8.21. The van der Waals surface area contributed by atoms with Gasteiger partial charge >= 0.3 is 0 Å². The van der Waals surface area contributed by atoms with Crippen LogP contribution < -0.4 is 4.74 Å². The summed E-state index contributed by atoms with van der Waals surface area (Å²) in [5, 5.41) is 0. The van der Waals surface area contributed by atoms with Gasteiger partial charge in [0.25, 0.3) is 0 Å². The zero-order chi connectivity index (χ0) is 43.1. The van der Waals surface area contributed by atoms with Crippen molar-refractivity contribution in [3.8, 4) is 28.0 Å². The summed E-state index contributed by atoms with van der Waals surface area (Å²) in [6.45, 7) is 13.7. The average molecular weight is 818 g/mol. The van der Waals surface area contributed by atoms with Crippen LogP contribution in [0, 0.1) is 0 Å². The molecule has 0 radical (unpaired) electrons. The summed E-state index contributed by atoms with van der Waals surface area (Å²) < 4.78 is 6.80. The van der Waals surface area contributed by atoms with Gasteiger partial charge in [0, 0.05) is 11.1 Å². The fourth-order valence-corrected chi connectivity index (χ4v) is 8.21. The van der Waals surface area contributed by atoms with Crippen LogP contribution in [-0.2, 0) is 5.41 Å². The molecule has 61 heavy (non-hydrogen) atoms. The third kappa shape index (κ3) is 15.9. The van der Waals surface area contributed by atoms with Crippen molar-refractivity contribution in [3.63, 3.8) is 0 Å². The molecule has 0 saturated heterocycles. The topological polar surface area (TPSA) is 46.8 Å². The van der Waals surface area contributed by atoms with Crippen molar-refractivity contribution in [1.29, 1.82) is 0 Å². The standard InChI is InChI=1S/C57H75N3O/c1-7-8-9-10-11-12-13-14-15-16-17-18-19-20-21-22-23-32-42-61-56-50(47-34-26-24-27-35-47)43-49(44-51(56)48-36-28-25-29-37-48)58-45(2)53-40-33-41-54(60-53)46(3)59-55-39-31-30-38-52(55)57(4,5)6/h24-31,33-41,43-44H,7-23,32,42H2,1-6H3/b58-45+,59-46+. The average Bonchev–Trinajstić information content (AvgIpc) is 3.27. The molecule has 0 aliphatic heterocycles. The predicted molar refractivity (Wildman–Crippen MR) is 265 cm³/mol. The largest absolute Gasteiger partial charge is 0.492 e. The lowest BCUT2D eigenvalue weighted by Crippen LogP contribution is -2.11. The molecule has 5 rings (SSSR count). The van der Waals surface area contributed by atoms with E-state index in [0.29, 0.717) is 6.61 Å². The number of ether oxygens (including phenoxy) is 1. The Morgan fingerprint density at radius 3 is 1.39 bits per heavy atom. The van der Waals surface area contributed by atoms with Crippen molar-refractivity contribution in [3.05, 3.63) is 132 Å². The summed E-state index contributed by atoms with van der Waals surface area (Å²) in [5.41, 5.74) is 10.8. The van der Waals surface area contributed by atoms with Crippen LogP contribution in [0.4, 0.5) is 11.4 Å². The number of unbranched alkanes of at least 4 members (excludes halogenated alkanes) is 17. The number of para-hydroxylation sites is 1. The van der Waals surface area contributed by atoms with E-state index in [1.165, 1.54) is 115 Å². The van der Waals surface area contributed by atoms with Crippen LogP contribution in [0.25, 0.3) is 22.3 Å². The normalized spacial score (nSPS) is 12.2. The van der Waals surface area contributed by atoms with E-state index >= 15 is 0 Å². The van der Waals surface area contributed by atoms with Gasteiger partial charge in [-0.3, -0.25) is 9.98 Å². The van der Waals surface area contributed by atoms with Gasteiger partial charge in [-0.05, 0) is 72.7 Å². The summed E-state index contributed by atoms with van der Waals surface area (Å²) in [7, 11) is 0. The van der Waals surface area contributed by atoms with E-state index < -0.39 is 0 Å². The SMILES string of the molecule is CCCCCCCCCCCCCCCCCCCCOc1c(-c2ccccc2)cc(/N=C(\C)c2cccc(/C(C)=N/c3ccccc3C(C)(C)C)n2)cc1-c1ccccc1. The molecule has 0 amide bonds. The number of hydrogen-bond acceptors (Lipinski definition) is 4. The molecule has 4 nitrogen and oxygen atoms in total. The van der Waals surface area contributed by atoms with E-state index in [1.807, 2.05) is 38.1 Å². The number of nitrogens with zero attached hydrogens (tertiary/aromatic N) is 3. The molecule has 324 valence electrons. The molecular formula is C57H75N3O. The van der Waals surface area contributed by atoms with Gasteiger partial charge in [0.05, 0.1) is 40.8 Å². The molecule has 0 atom stereocenters. The van der Waals surface area contributed by atoms with Gasteiger partial charge < -0.3 is 4.74 Å². The van der Waals surface area contributed by atoms with E-state index in [0.717, 1.165) is 68.6 Å². The molecular weight excluding hydrogens is 743 g/mol. The summed E-state index contributed by atoms with van der Waals surface area (Å²) in [6.07, 6.45) is 24.6. The summed E-state index contributed by atoms with van der Waals surface area (Å²) in [6, 6.07) is 40.0. The minimum absolute atomic E-state index is 0.0120. The molecule has 0 N–H and O–H groups in total. The van der Waals surface area contributed by atoms with Crippen LogP contribution >= 0.6 is 0 Å². The van der Waals surface area contributed by atoms with E-state index in [2.05, 4.69) is 119 Å². The number of aliphatic imine (C=N–C) groups is 2. The van der Waals surface area contributed by atoms with Gasteiger partial charge in [0.1, 0.15) is 5.75 Å². The van der Waals surface area contributed by atoms with Gasteiger partial charge in [-0.2, -0.15) is 0 Å². The lowest BCUT2D eigenvalue weighted by molar-refractivity contribution is 0.306. The Balaban J connectivity index is 1.21. The Labute approximate surface area is 370 Å². The summed E-state index contributed by atoms with van der Waals surface area (Å²) in [5.74, 6) is 0.920. The highest BCUT2D eigenvalue weighted by atomic mass is 16.5. The monoisotopic (exact) mass is 818 g/mol. The van der Waals surface area contributed by atoms with E-state index in [1.54, 1.807) is 0 Å². The molecule has 1 heterocycles. The maximum atomic E-state index is 6.80. The Bertz CT molecular complexity index is 2010. The van der Waals surface area contributed by atoms with Crippen LogP contribution in [0.1, 0.15) is 174 Å². The number of rotatable bonds is 26. The smallest absolute Gasteiger partial charge is 0.135 e. The molecule has 0 spiro atoms. The van der Waals surface area contributed by atoms with Crippen LogP contribution in [0.5, 0.6) is 5.75 Å². The molecule has 0 aliphatic carbocycles. The highest BCUT2D eigenvalue weighted by Crippen LogP contribution is 2.43. The fraction of sp³-hybridized carbons (Fsp3) is 0.456. The molecule has 0 aliphatic rings. The quantitative estimate of drug-likeness (QED) is 0.0412. The third-order valence-electron chi connectivity index (χ3n) is 11.8. The Kier molecular flexibility index (Phi) is 20.0. The first-order valence-corrected chi connectivity index (χ1v) is 23.8. The molecule has 0 unspecified atom stereocenters. The third-order valence-corrected chi connectivity index (χ3v) is 11.8. The molecule has 0 fully saturated rings. The van der Waals surface area contributed by atoms with Gasteiger partial charge in [0.15, 0.2) is 0 Å². The maximum absolute atomic E-state index is 6.80. The number of hydrogen-bond donors (Lipinski definition) is 0. The zero-order valence-electron chi connectivity index (χ0n) is 38.7. The van der Waals surface area contributed by atoms with Crippen molar-refractivity contribution in [2.75, 3.05) is 6.61 Å². The van der Waals surface area contributed by atoms with Gasteiger partial charge in [0.2, 0.25) is 0 Å². The zero-order valence-corrected chi connectivity index (χ0v) is 38.7. The molecule has 5 aromatic rings. The first kappa shape index (κ1) is 47.2. The van der Waals surface area contributed by atoms with Crippen LogP contribution in [0.3, 0.4) is 0 Å². The summed E-state index contributed by atoms with van der Waals surface area (Å²) >= 11 is 0. The molecule has 0 saturated carbocycles. The van der Waals surface area contributed by atoms with Crippen LogP contribution in [0.2, 0.25) is 0 Å². The van der Waals surface area contributed by atoms with Gasteiger partial charge in [-0.25, -0.2) is 4.98 Å². The number of pyridine rings is 1. The minimum Gasteiger partial charge on any atom is -0.492 e. The van der Waals surface area contributed by atoms with E-state index in [4.69, 9.17) is 19.7 Å². The van der Waals surface area contributed by atoms with Gasteiger partial charge in [-0.15, -0.1) is 0 Å². The van der Waals surface area contributed by atoms with Crippen LogP contribution in [0.15, 0.2) is 125 Å². The van der Waals surface area contributed by atoms with Crippen LogP contribution in [-0.4, -0.2) is 23.0 Å². The summed E-state index contributed by atoms with van der Waals surface area (Å²) in [4.78, 5) is 15.3. The lowest BCUT2D eigenvalue weighted by atomic mass is 9.86. The van der Waals surface area contributed by atoms with Crippen molar-refractivity contribution in [2.45, 2.75) is 163 Å². The highest BCUT2D eigenvalue weighted by Gasteiger charge is 2.19. The molecule has 4 heteroatoms. The maximum Gasteiger partial charge on any atom is 0.135 e. The minimum atomic E-state index is -0.0120. The second kappa shape index (κ2) is 25.8. The van der Waals surface area contributed by atoms with Crippen molar-refractivity contribution in [1.82, 2.24) is 4.98 Å². The first-order valence-electron chi connectivity index (χ1n) is 23.8. The lowest BCUT2D eigenvalue weighted by Gasteiger charge is -2.21. The molecule has 0 bridgehead atoms. The molecule has 1 aromatic heterocycles. The highest BCUT2D eigenvalue weighted by molar-refractivity contribution is 6.02. The van der Waals surface area contributed by atoms with E-state index in [-0.39, 0.29) is 5.41 Å².